The molecule has 0 heterocycles. The van der Waals surface area contributed by atoms with Crippen LogP contribution in [-0.2, 0) is 6.42 Å². The first-order valence-corrected chi connectivity index (χ1v) is 7.03. The molecule has 1 unspecified atom stereocenters. The number of rotatable bonds is 4. The molecule has 0 bridgehead atoms. The lowest BCUT2D eigenvalue weighted by molar-refractivity contribution is 0.178. The minimum atomic E-state index is -0.544. The van der Waals surface area contributed by atoms with Gasteiger partial charge in [-0.25, -0.2) is 0 Å². The van der Waals surface area contributed by atoms with Crippen molar-refractivity contribution in [2.45, 2.75) is 12.5 Å². The van der Waals surface area contributed by atoms with Gasteiger partial charge in [0.1, 0.15) is 5.75 Å². The first-order valence-electron chi connectivity index (χ1n) is 5.86. The highest BCUT2D eigenvalue weighted by atomic mass is 79.9. The van der Waals surface area contributed by atoms with Crippen molar-refractivity contribution in [3.8, 4) is 5.75 Å². The fourth-order valence-corrected chi connectivity index (χ4v) is 2.58. The Morgan fingerprint density at radius 2 is 1.89 bits per heavy atom. The average Bonchev–Trinajstić information content (AvgIpc) is 2.39. The lowest BCUT2D eigenvalue weighted by Crippen LogP contribution is -2.01. The summed E-state index contributed by atoms with van der Waals surface area (Å²) >= 11 is 9.27. The van der Waals surface area contributed by atoms with Gasteiger partial charge in [-0.1, -0.05) is 29.8 Å². The number of halogens is 2. The maximum Gasteiger partial charge on any atom is 0.133 e. The Kier molecular flexibility index (Phi) is 4.86. The second-order valence-electron chi connectivity index (χ2n) is 4.24. The molecule has 4 heteroatoms. The molecule has 0 saturated heterocycles. The van der Waals surface area contributed by atoms with Crippen molar-refractivity contribution < 1.29 is 9.84 Å². The van der Waals surface area contributed by atoms with Crippen molar-refractivity contribution in [2.75, 3.05) is 7.11 Å². The highest BCUT2D eigenvalue weighted by molar-refractivity contribution is 9.10. The SMILES string of the molecule is COc1ccc(CC(O)c2ccc(Cl)cc2)cc1Br. The molecule has 2 aromatic rings. The predicted molar refractivity (Wildman–Crippen MR) is 80.8 cm³/mol. The van der Waals surface area contributed by atoms with Crippen LogP contribution in [0.1, 0.15) is 17.2 Å². The molecule has 0 aromatic heterocycles. The van der Waals surface area contributed by atoms with Gasteiger partial charge in [-0.05, 0) is 51.3 Å². The number of aliphatic hydroxyl groups excluding tert-OH is 1. The van der Waals surface area contributed by atoms with E-state index >= 15 is 0 Å². The molecule has 1 N–H and O–H groups in total. The van der Waals surface area contributed by atoms with Gasteiger partial charge in [-0.3, -0.25) is 0 Å². The van der Waals surface area contributed by atoms with Gasteiger partial charge in [-0.2, -0.15) is 0 Å². The standard InChI is InChI=1S/C15H14BrClO2/c1-19-15-7-2-10(8-13(15)16)9-14(18)11-3-5-12(17)6-4-11/h2-8,14,18H,9H2,1H3. The largest absolute Gasteiger partial charge is 0.496 e. The zero-order valence-corrected chi connectivity index (χ0v) is 12.8. The third kappa shape index (κ3) is 3.72. The van der Waals surface area contributed by atoms with Gasteiger partial charge < -0.3 is 9.84 Å². The maximum absolute atomic E-state index is 10.2. The summed E-state index contributed by atoms with van der Waals surface area (Å²) in [4.78, 5) is 0. The van der Waals surface area contributed by atoms with Gasteiger partial charge in [0, 0.05) is 11.4 Å². The van der Waals surface area contributed by atoms with Crippen molar-refractivity contribution >= 4 is 27.5 Å². The summed E-state index contributed by atoms with van der Waals surface area (Å²) in [7, 11) is 1.63. The highest BCUT2D eigenvalue weighted by Gasteiger charge is 2.10. The third-order valence-electron chi connectivity index (χ3n) is 2.90. The summed E-state index contributed by atoms with van der Waals surface area (Å²) in [6.45, 7) is 0. The van der Waals surface area contributed by atoms with Crippen LogP contribution in [0.2, 0.25) is 5.02 Å². The first-order chi connectivity index (χ1) is 9.10. The van der Waals surface area contributed by atoms with E-state index in [1.165, 1.54) is 0 Å². The second-order valence-corrected chi connectivity index (χ2v) is 5.53. The molecule has 19 heavy (non-hydrogen) atoms. The van der Waals surface area contributed by atoms with Crippen LogP contribution in [0.25, 0.3) is 0 Å². The van der Waals surface area contributed by atoms with Crippen LogP contribution in [0.3, 0.4) is 0 Å². The fourth-order valence-electron chi connectivity index (χ4n) is 1.86. The number of benzene rings is 2. The molecule has 0 amide bonds. The van der Waals surface area contributed by atoms with Crippen LogP contribution >= 0.6 is 27.5 Å². The number of hydrogen-bond acceptors (Lipinski definition) is 2. The van der Waals surface area contributed by atoms with E-state index in [1.54, 1.807) is 19.2 Å². The van der Waals surface area contributed by atoms with Gasteiger partial charge in [0.05, 0.1) is 17.7 Å². The van der Waals surface area contributed by atoms with E-state index < -0.39 is 6.10 Å². The third-order valence-corrected chi connectivity index (χ3v) is 3.77. The molecule has 2 nitrogen and oxygen atoms in total. The van der Waals surface area contributed by atoms with Crippen LogP contribution < -0.4 is 4.74 Å². The van der Waals surface area contributed by atoms with Crippen LogP contribution in [0.5, 0.6) is 5.75 Å². The normalized spacial score (nSPS) is 12.2. The van der Waals surface area contributed by atoms with Crippen molar-refractivity contribution in [1.82, 2.24) is 0 Å². The predicted octanol–water partition coefficient (Wildman–Crippen LogP) is 4.39. The molecular weight excluding hydrogens is 328 g/mol. The molecule has 2 rings (SSSR count). The molecule has 0 aliphatic carbocycles. The lowest BCUT2D eigenvalue weighted by atomic mass is 10.0. The van der Waals surface area contributed by atoms with E-state index in [4.69, 9.17) is 16.3 Å². The van der Waals surface area contributed by atoms with E-state index in [1.807, 2.05) is 30.3 Å². The van der Waals surface area contributed by atoms with Crippen molar-refractivity contribution in [1.29, 1.82) is 0 Å². The minimum absolute atomic E-state index is 0.544. The second kappa shape index (κ2) is 6.42. The Labute approximate surface area is 126 Å². The Hall–Kier alpha value is -1.03. The lowest BCUT2D eigenvalue weighted by Gasteiger charge is -2.12. The summed E-state index contributed by atoms with van der Waals surface area (Å²) < 4.78 is 6.06. The number of aliphatic hydroxyl groups is 1. The molecule has 2 aromatic carbocycles. The van der Waals surface area contributed by atoms with Crippen LogP contribution in [-0.4, -0.2) is 12.2 Å². The number of methoxy groups -OCH3 is 1. The van der Waals surface area contributed by atoms with Crippen LogP contribution in [0, 0.1) is 0 Å². The van der Waals surface area contributed by atoms with E-state index in [0.29, 0.717) is 11.4 Å². The molecular formula is C15H14BrClO2. The quantitative estimate of drug-likeness (QED) is 0.894. The summed E-state index contributed by atoms with van der Waals surface area (Å²) in [6.07, 6.45) is 0.00194. The summed E-state index contributed by atoms with van der Waals surface area (Å²) in [5.74, 6) is 0.782. The molecule has 100 valence electrons. The van der Waals surface area contributed by atoms with Gasteiger partial charge in [0.25, 0.3) is 0 Å². The van der Waals surface area contributed by atoms with Crippen molar-refractivity contribution in [3.05, 3.63) is 63.1 Å². The van der Waals surface area contributed by atoms with Gasteiger partial charge in [0.2, 0.25) is 0 Å². The molecule has 0 aliphatic rings. The monoisotopic (exact) mass is 340 g/mol. The van der Waals surface area contributed by atoms with Crippen LogP contribution in [0.15, 0.2) is 46.9 Å². The fraction of sp³-hybridized carbons (Fsp3) is 0.200. The van der Waals surface area contributed by atoms with E-state index in [9.17, 15) is 5.11 Å². The zero-order valence-electron chi connectivity index (χ0n) is 10.4. The van der Waals surface area contributed by atoms with E-state index in [0.717, 1.165) is 21.3 Å². The van der Waals surface area contributed by atoms with Gasteiger partial charge >= 0.3 is 0 Å². The molecule has 0 spiro atoms. The molecule has 0 saturated carbocycles. The zero-order chi connectivity index (χ0) is 13.8. The Morgan fingerprint density at radius 3 is 2.47 bits per heavy atom. The van der Waals surface area contributed by atoms with Crippen molar-refractivity contribution in [2.24, 2.45) is 0 Å². The average molecular weight is 342 g/mol. The van der Waals surface area contributed by atoms with Gasteiger partial charge in [0.15, 0.2) is 0 Å². The number of ether oxygens (including phenoxy) is 1. The minimum Gasteiger partial charge on any atom is -0.496 e. The Balaban J connectivity index is 2.12. The Morgan fingerprint density at radius 1 is 1.21 bits per heavy atom. The topological polar surface area (TPSA) is 29.5 Å². The molecule has 0 aliphatic heterocycles. The van der Waals surface area contributed by atoms with Crippen molar-refractivity contribution in [3.63, 3.8) is 0 Å². The maximum atomic E-state index is 10.2. The first kappa shape index (κ1) is 14.4. The molecule has 1 atom stereocenters. The summed E-state index contributed by atoms with van der Waals surface area (Å²) in [5, 5.41) is 10.9. The van der Waals surface area contributed by atoms with Crippen LogP contribution in [0.4, 0.5) is 0 Å². The summed E-state index contributed by atoms with van der Waals surface area (Å²) in [5.41, 5.74) is 1.89. The molecule has 0 fully saturated rings. The Bertz CT molecular complexity index is 555. The highest BCUT2D eigenvalue weighted by Crippen LogP contribution is 2.28. The van der Waals surface area contributed by atoms with E-state index in [-0.39, 0.29) is 0 Å². The molecule has 0 radical (unpaired) electrons. The number of hydrogen-bond donors (Lipinski definition) is 1. The van der Waals surface area contributed by atoms with Gasteiger partial charge in [-0.15, -0.1) is 0 Å². The smallest absolute Gasteiger partial charge is 0.133 e. The summed E-state index contributed by atoms with van der Waals surface area (Å²) in [6, 6.07) is 13.0. The van der Waals surface area contributed by atoms with E-state index in [2.05, 4.69) is 15.9 Å².